The third kappa shape index (κ3) is 3.14. The Morgan fingerprint density at radius 2 is 2.14 bits per heavy atom. The van der Waals surface area contributed by atoms with Crippen LogP contribution in [-0.2, 0) is 0 Å². The smallest absolute Gasteiger partial charge is 0.265 e. The Kier molecular flexibility index (Phi) is 4.07. The second-order valence-corrected chi connectivity index (χ2v) is 3.10. The summed E-state index contributed by atoms with van der Waals surface area (Å²) < 4.78 is 0. The van der Waals surface area contributed by atoms with Gasteiger partial charge in [-0.2, -0.15) is 0 Å². The minimum atomic E-state index is -0.0941. The number of carbonyl (C=O) groups excluding carboxylic acids is 1. The molecule has 0 aliphatic heterocycles. The van der Waals surface area contributed by atoms with Crippen LogP contribution < -0.4 is 5.43 Å². The molecule has 1 aromatic heterocycles. The summed E-state index contributed by atoms with van der Waals surface area (Å²) in [5, 5.41) is 1.78. The third-order valence-corrected chi connectivity index (χ3v) is 1.79. The lowest BCUT2D eigenvalue weighted by Crippen LogP contribution is -2.39. The summed E-state index contributed by atoms with van der Waals surface area (Å²) >= 11 is 0. The van der Waals surface area contributed by atoms with Crippen LogP contribution in [0.1, 0.15) is 23.7 Å². The highest BCUT2D eigenvalue weighted by Gasteiger charge is 2.05. The molecule has 0 radical (unpaired) electrons. The first-order valence-electron chi connectivity index (χ1n) is 4.66. The van der Waals surface area contributed by atoms with E-state index in [0.29, 0.717) is 5.56 Å². The fraction of sp³-hybridized carbons (Fsp3) is 0.400. The van der Waals surface area contributed by atoms with Gasteiger partial charge >= 0.3 is 0 Å². The first-order chi connectivity index (χ1) is 6.74. The molecule has 1 aromatic rings. The van der Waals surface area contributed by atoms with Crippen molar-refractivity contribution < 1.29 is 4.79 Å². The van der Waals surface area contributed by atoms with Crippen LogP contribution in [0.5, 0.6) is 0 Å². The molecular weight excluding hydrogens is 178 g/mol. The Balaban J connectivity index is 2.51. The van der Waals surface area contributed by atoms with Gasteiger partial charge in [0.05, 0.1) is 0 Å². The Morgan fingerprint density at radius 3 is 2.71 bits per heavy atom. The standard InChI is InChI=1S/C10H15N3O/c1-3-8-13(2)12-10(14)9-4-6-11-7-5-9/h4-7H,3,8H2,1-2H3,(H,12,14). The average Bonchev–Trinajstić information content (AvgIpc) is 2.19. The van der Waals surface area contributed by atoms with Crippen LogP contribution in [0.4, 0.5) is 0 Å². The van der Waals surface area contributed by atoms with E-state index >= 15 is 0 Å². The van der Waals surface area contributed by atoms with Gasteiger partial charge in [0.25, 0.3) is 5.91 Å². The molecule has 0 aromatic carbocycles. The second kappa shape index (κ2) is 5.34. The number of hydrogen-bond donors (Lipinski definition) is 1. The molecule has 4 nitrogen and oxygen atoms in total. The lowest BCUT2D eigenvalue weighted by Gasteiger charge is -2.16. The van der Waals surface area contributed by atoms with Crippen LogP contribution in [-0.4, -0.2) is 29.5 Å². The number of amides is 1. The number of rotatable bonds is 4. The van der Waals surface area contributed by atoms with Gasteiger partial charge in [-0.1, -0.05) is 6.92 Å². The molecule has 0 atom stereocenters. The van der Waals surface area contributed by atoms with Gasteiger partial charge in [0, 0.05) is 31.5 Å². The maximum absolute atomic E-state index is 11.5. The van der Waals surface area contributed by atoms with Crippen LogP contribution in [0.15, 0.2) is 24.5 Å². The molecule has 0 saturated heterocycles. The molecule has 4 heteroatoms. The number of hydrogen-bond acceptors (Lipinski definition) is 3. The summed E-state index contributed by atoms with van der Waals surface area (Å²) in [5.74, 6) is -0.0941. The molecular formula is C10H15N3O. The number of nitrogens with zero attached hydrogens (tertiary/aromatic N) is 2. The minimum Gasteiger partial charge on any atom is -0.285 e. The lowest BCUT2D eigenvalue weighted by molar-refractivity contribution is 0.0828. The zero-order chi connectivity index (χ0) is 10.4. The summed E-state index contributed by atoms with van der Waals surface area (Å²) in [6.07, 6.45) is 4.22. The van der Waals surface area contributed by atoms with E-state index in [4.69, 9.17) is 0 Å². The highest BCUT2D eigenvalue weighted by molar-refractivity contribution is 5.93. The van der Waals surface area contributed by atoms with Crippen molar-refractivity contribution >= 4 is 5.91 Å². The highest BCUT2D eigenvalue weighted by atomic mass is 16.2. The van der Waals surface area contributed by atoms with Gasteiger partial charge in [0.15, 0.2) is 0 Å². The molecule has 0 unspecified atom stereocenters. The molecule has 1 rings (SSSR count). The molecule has 0 spiro atoms. The topological polar surface area (TPSA) is 45.2 Å². The van der Waals surface area contributed by atoms with Crippen LogP contribution in [0.25, 0.3) is 0 Å². The average molecular weight is 193 g/mol. The van der Waals surface area contributed by atoms with Crippen LogP contribution in [0, 0.1) is 0 Å². The fourth-order valence-corrected chi connectivity index (χ4v) is 1.13. The first kappa shape index (κ1) is 10.7. The number of nitrogens with one attached hydrogen (secondary N) is 1. The van der Waals surface area contributed by atoms with Gasteiger partial charge in [-0.05, 0) is 18.6 Å². The minimum absolute atomic E-state index is 0.0941. The van der Waals surface area contributed by atoms with Crippen LogP contribution >= 0.6 is 0 Å². The zero-order valence-corrected chi connectivity index (χ0v) is 8.53. The second-order valence-electron chi connectivity index (χ2n) is 3.10. The Hall–Kier alpha value is -1.42. The van der Waals surface area contributed by atoms with Crippen molar-refractivity contribution in [1.29, 1.82) is 0 Å². The number of pyridine rings is 1. The molecule has 14 heavy (non-hydrogen) atoms. The summed E-state index contributed by atoms with van der Waals surface area (Å²) in [6, 6.07) is 3.38. The van der Waals surface area contributed by atoms with Gasteiger partial charge in [-0.3, -0.25) is 15.2 Å². The Bertz CT molecular complexity index is 287. The highest BCUT2D eigenvalue weighted by Crippen LogP contribution is 1.95. The Labute approximate surface area is 83.9 Å². The third-order valence-electron chi connectivity index (χ3n) is 1.79. The largest absolute Gasteiger partial charge is 0.285 e. The molecule has 0 aliphatic carbocycles. The molecule has 0 fully saturated rings. The van der Waals surface area contributed by atoms with Crippen molar-refractivity contribution in [2.45, 2.75) is 13.3 Å². The predicted molar refractivity (Wildman–Crippen MR) is 54.6 cm³/mol. The van der Waals surface area contributed by atoms with Crippen molar-refractivity contribution in [2.24, 2.45) is 0 Å². The monoisotopic (exact) mass is 193 g/mol. The summed E-state index contributed by atoms with van der Waals surface area (Å²) in [4.78, 5) is 15.4. The Morgan fingerprint density at radius 1 is 1.50 bits per heavy atom. The zero-order valence-electron chi connectivity index (χ0n) is 8.53. The fourth-order valence-electron chi connectivity index (χ4n) is 1.13. The van der Waals surface area contributed by atoms with Crippen molar-refractivity contribution in [3.05, 3.63) is 30.1 Å². The SMILES string of the molecule is CCCN(C)NC(=O)c1ccncc1. The predicted octanol–water partition coefficient (Wildman–Crippen LogP) is 1.07. The van der Waals surface area contributed by atoms with Crippen molar-refractivity contribution in [3.63, 3.8) is 0 Å². The van der Waals surface area contributed by atoms with Crippen molar-refractivity contribution in [3.8, 4) is 0 Å². The van der Waals surface area contributed by atoms with E-state index in [1.165, 1.54) is 0 Å². The van der Waals surface area contributed by atoms with Gasteiger partial charge in [0.1, 0.15) is 0 Å². The van der Waals surface area contributed by atoms with Gasteiger partial charge in [-0.25, -0.2) is 5.01 Å². The summed E-state index contributed by atoms with van der Waals surface area (Å²) in [6.45, 7) is 2.91. The molecule has 0 bridgehead atoms. The van der Waals surface area contributed by atoms with Gasteiger partial charge in [0.2, 0.25) is 0 Å². The summed E-state index contributed by atoms with van der Waals surface area (Å²) in [7, 11) is 1.85. The van der Waals surface area contributed by atoms with Gasteiger partial charge in [-0.15, -0.1) is 0 Å². The van der Waals surface area contributed by atoms with E-state index < -0.39 is 0 Å². The molecule has 0 aliphatic rings. The maximum atomic E-state index is 11.5. The molecule has 1 N–H and O–H groups in total. The lowest BCUT2D eigenvalue weighted by atomic mass is 10.2. The quantitative estimate of drug-likeness (QED) is 0.727. The summed E-state index contributed by atoms with van der Waals surface area (Å²) in [5.41, 5.74) is 3.39. The van der Waals surface area contributed by atoms with Crippen molar-refractivity contribution in [2.75, 3.05) is 13.6 Å². The molecule has 1 amide bonds. The number of aromatic nitrogens is 1. The molecule has 1 heterocycles. The van der Waals surface area contributed by atoms with E-state index in [1.54, 1.807) is 29.5 Å². The van der Waals surface area contributed by atoms with Crippen molar-refractivity contribution in [1.82, 2.24) is 15.4 Å². The van der Waals surface area contributed by atoms with E-state index in [0.717, 1.165) is 13.0 Å². The number of carbonyl (C=O) groups is 1. The van der Waals surface area contributed by atoms with Gasteiger partial charge < -0.3 is 0 Å². The van der Waals surface area contributed by atoms with E-state index in [9.17, 15) is 4.79 Å². The number of hydrazine groups is 1. The van der Waals surface area contributed by atoms with E-state index in [-0.39, 0.29) is 5.91 Å². The first-order valence-corrected chi connectivity index (χ1v) is 4.66. The van der Waals surface area contributed by atoms with Crippen LogP contribution in [0.2, 0.25) is 0 Å². The normalized spacial score (nSPS) is 10.2. The molecule has 0 saturated carbocycles. The van der Waals surface area contributed by atoms with E-state index in [1.807, 2.05) is 7.05 Å². The van der Waals surface area contributed by atoms with E-state index in [2.05, 4.69) is 17.3 Å². The molecule has 76 valence electrons. The van der Waals surface area contributed by atoms with Crippen LogP contribution in [0.3, 0.4) is 0 Å². The maximum Gasteiger partial charge on any atom is 0.265 e.